The second-order valence-electron chi connectivity index (χ2n) is 0.986. The minimum absolute atomic E-state index is 0.691. The molecule has 2 heteroatoms. The molecule has 0 saturated carbocycles. The molecule has 0 amide bonds. The molecule has 0 aliphatic carbocycles. The number of hydrogen-bond acceptors (Lipinski definition) is 2. The lowest BCUT2D eigenvalue weighted by molar-refractivity contribution is 0.103. The fourth-order valence-electron chi connectivity index (χ4n) is 0.167. The second kappa shape index (κ2) is 4.92. The molecule has 0 bridgehead atoms. The third-order valence-electron chi connectivity index (χ3n) is 0.492. The van der Waals surface area contributed by atoms with E-state index in [-0.39, 0.29) is 0 Å². The molecule has 0 aromatic rings. The molecule has 6 heavy (non-hydrogen) atoms. The Kier molecular flexibility index (Phi) is 4.85. The van der Waals surface area contributed by atoms with Crippen LogP contribution in [-0.2, 0) is 9.47 Å². The molecule has 0 aliphatic heterocycles. The van der Waals surface area contributed by atoms with E-state index >= 15 is 0 Å². The smallest absolute Gasteiger partial charge is 0.242 e. The Balaban J connectivity index is 2.34. The van der Waals surface area contributed by atoms with Crippen LogP contribution >= 0.6 is 0 Å². The summed E-state index contributed by atoms with van der Waals surface area (Å²) in [7, 11) is 3.30. The zero-order chi connectivity index (χ0) is 4.83. The van der Waals surface area contributed by atoms with Gasteiger partial charge < -0.3 is 4.74 Å². The number of ether oxygens (including phenoxy) is 2. The molecule has 0 rings (SSSR count). The van der Waals surface area contributed by atoms with Crippen LogP contribution in [0.4, 0.5) is 0 Å². The maximum absolute atomic E-state index is 4.66. The quantitative estimate of drug-likeness (QED) is 0.366. The summed E-state index contributed by atoms with van der Waals surface area (Å²) in [5, 5.41) is 0. The van der Waals surface area contributed by atoms with Crippen LogP contribution in [0.3, 0.4) is 0 Å². The largest absolute Gasteiger partial charge is 0.376 e. The summed E-state index contributed by atoms with van der Waals surface area (Å²) >= 11 is 0. The van der Waals surface area contributed by atoms with Gasteiger partial charge in [0.05, 0.1) is 0 Å². The van der Waals surface area contributed by atoms with E-state index < -0.39 is 0 Å². The zero-order valence-electron chi connectivity index (χ0n) is 4.23. The lowest BCUT2D eigenvalue weighted by Crippen LogP contribution is -1.96. The van der Waals surface area contributed by atoms with Gasteiger partial charge in [-0.05, 0) is 0 Å². The molecule has 37 valence electrons. The minimum Gasteiger partial charge on any atom is -0.376 e. The van der Waals surface area contributed by atoms with Crippen molar-refractivity contribution >= 4 is 0 Å². The molecule has 0 aliphatic rings. The van der Waals surface area contributed by atoms with Crippen molar-refractivity contribution in [2.45, 2.75) is 0 Å². The number of hydrogen-bond donors (Lipinski definition) is 0. The second-order valence-corrected chi connectivity index (χ2v) is 0.986. The van der Waals surface area contributed by atoms with Gasteiger partial charge in [-0.2, -0.15) is 0 Å². The van der Waals surface area contributed by atoms with Crippen molar-refractivity contribution in [1.82, 2.24) is 0 Å². The van der Waals surface area contributed by atoms with E-state index in [0.717, 1.165) is 0 Å². The zero-order valence-corrected chi connectivity index (χ0v) is 4.23. The first-order valence-corrected chi connectivity index (χ1v) is 1.89. The Morgan fingerprint density at radius 2 is 2.33 bits per heavy atom. The maximum Gasteiger partial charge on any atom is 0.242 e. The highest BCUT2D eigenvalue weighted by atomic mass is 16.5. The van der Waals surface area contributed by atoms with Crippen LogP contribution in [0.5, 0.6) is 0 Å². The molecule has 1 radical (unpaired) electrons. The Morgan fingerprint density at radius 3 is 2.50 bits per heavy atom. The van der Waals surface area contributed by atoms with Gasteiger partial charge in [0.2, 0.25) is 13.7 Å². The Hall–Kier alpha value is -0.0800. The van der Waals surface area contributed by atoms with Gasteiger partial charge in [0.25, 0.3) is 0 Å². The molecular weight excluding hydrogens is 80.0 g/mol. The molecule has 0 spiro atoms. The summed E-state index contributed by atoms with van der Waals surface area (Å²) in [5.41, 5.74) is 0. The fraction of sp³-hybridized carbons (Fsp3) is 1.00. The van der Waals surface area contributed by atoms with Gasteiger partial charge in [-0.1, -0.05) is 0 Å². The van der Waals surface area contributed by atoms with E-state index in [1.54, 1.807) is 14.2 Å². The van der Waals surface area contributed by atoms with Gasteiger partial charge >= 0.3 is 0 Å². The molecule has 0 fully saturated rings. The van der Waals surface area contributed by atoms with Crippen LogP contribution in [0.15, 0.2) is 0 Å². The van der Waals surface area contributed by atoms with E-state index in [1.807, 2.05) is 0 Å². The van der Waals surface area contributed by atoms with Crippen LogP contribution in [0.2, 0.25) is 0 Å². The van der Waals surface area contributed by atoms with Crippen molar-refractivity contribution in [2.24, 2.45) is 0 Å². The van der Waals surface area contributed by atoms with Gasteiger partial charge in [-0.15, -0.1) is 4.74 Å². The average molecular weight is 90.1 g/mol. The van der Waals surface area contributed by atoms with Crippen LogP contribution < -0.4 is 0 Å². The highest BCUT2D eigenvalue weighted by molar-refractivity contribution is 4.17. The van der Waals surface area contributed by atoms with Crippen molar-refractivity contribution in [3.8, 4) is 0 Å². The molecule has 0 saturated heterocycles. The summed E-state index contributed by atoms with van der Waals surface area (Å²) < 4.78 is 9.31. The van der Waals surface area contributed by atoms with E-state index in [9.17, 15) is 0 Å². The normalized spacial score (nSPS) is 9.00. The van der Waals surface area contributed by atoms with Crippen LogP contribution in [0, 0.1) is 0 Å². The van der Waals surface area contributed by atoms with Crippen molar-refractivity contribution < 1.29 is 9.47 Å². The van der Waals surface area contributed by atoms with Crippen molar-refractivity contribution in [3.63, 3.8) is 0 Å². The fourth-order valence-corrected chi connectivity index (χ4v) is 0.167. The number of rotatable bonds is 3. The van der Waals surface area contributed by atoms with Gasteiger partial charge in [0.15, 0.2) is 0 Å². The van der Waals surface area contributed by atoms with Crippen molar-refractivity contribution in [2.75, 3.05) is 27.4 Å². The van der Waals surface area contributed by atoms with E-state index in [2.05, 4.69) is 9.47 Å². The van der Waals surface area contributed by atoms with Gasteiger partial charge in [-0.25, -0.2) is 0 Å². The predicted octanol–water partition coefficient (Wildman–Crippen LogP) is 0.279. The van der Waals surface area contributed by atoms with E-state index in [0.29, 0.717) is 13.2 Å². The Labute approximate surface area is 38.1 Å². The number of methoxy groups -OCH3 is 2. The van der Waals surface area contributed by atoms with Crippen LogP contribution in [0.25, 0.3) is 0 Å². The molecule has 0 N–H and O–H groups in total. The van der Waals surface area contributed by atoms with Gasteiger partial charge in [0.1, 0.15) is 6.61 Å². The Bertz CT molecular complexity index is 17.5. The highest BCUT2D eigenvalue weighted by Gasteiger charge is 1.85. The summed E-state index contributed by atoms with van der Waals surface area (Å²) in [5.74, 6) is 0. The SMILES string of the molecule is COCC[O+]C. The van der Waals surface area contributed by atoms with Gasteiger partial charge in [0, 0.05) is 7.11 Å². The summed E-state index contributed by atoms with van der Waals surface area (Å²) in [6.07, 6.45) is 0. The third kappa shape index (κ3) is 3.92. The first-order valence-electron chi connectivity index (χ1n) is 1.89. The molecule has 0 unspecified atom stereocenters. The minimum atomic E-state index is 0.691. The monoisotopic (exact) mass is 90.1 g/mol. The predicted molar refractivity (Wildman–Crippen MR) is 23.8 cm³/mol. The van der Waals surface area contributed by atoms with Crippen molar-refractivity contribution in [3.05, 3.63) is 0 Å². The average Bonchev–Trinajstić information content (AvgIpc) is 1.61. The molecule has 2 nitrogen and oxygen atoms in total. The van der Waals surface area contributed by atoms with Gasteiger partial charge in [-0.3, -0.25) is 0 Å². The third-order valence-corrected chi connectivity index (χ3v) is 0.492. The van der Waals surface area contributed by atoms with Crippen LogP contribution in [0.1, 0.15) is 0 Å². The summed E-state index contributed by atoms with van der Waals surface area (Å²) in [6, 6.07) is 0. The first-order chi connectivity index (χ1) is 2.91. The van der Waals surface area contributed by atoms with Crippen LogP contribution in [-0.4, -0.2) is 27.4 Å². The van der Waals surface area contributed by atoms with E-state index in [4.69, 9.17) is 0 Å². The highest BCUT2D eigenvalue weighted by Crippen LogP contribution is 1.65. The molecule has 0 heterocycles. The standard InChI is InChI=1S/C4H10O2/c1-5-3-4-6-2/h3-4H2,1-2H3/q+1. The summed E-state index contributed by atoms with van der Waals surface area (Å²) in [4.78, 5) is 0. The summed E-state index contributed by atoms with van der Waals surface area (Å²) in [6.45, 7) is 1.38. The first kappa shape index (κ1) is 5.92. The molecule has 0 aromatic carbocycles. The molecule has 0 atom stereocenters. The lowest BCUT2D eigenvalue weighted by atomic mass is 10.8. The maximum atomic E-state index is 4.66. The van der Waals surface area contributed by atoms with Crippen molar-refractivity contribution in [1.29, 1.82) is 0 Å². The molecule has 0 aromatic heterocycles. The van der Waals surface area contributed by atoms with E-state index in [1.165, 1.54) is 0 Å². The Morgan fingerprint density at radius 1 is 1.67 bits per heavy atom. The molecular formula is C4H10O2+. The lowest BCUT2D eigenvalue weighted by Gasteiger charge is -1.82. The topological polar surface area (TPSA) is 20.5 Å².